The van der Waals surface area contributed by atoms with Crippen LogP contribution in [0.2, 0.25) is 0 Å². The Bertz CT molecular complexity index is 720. The Morgan fingerprint density at radius 2 is 1.73 bits per heavy atom. The standard InChI is InChI=1S/C20H26N2O3.ClH/c1-14(12-15-10-11-17(24-3)18(13-15)25-4)22-19(23)20(2,21)16-8-6-5-7-9-16;/h5-11,13-14H,12,21H2,1-4H3,(H,22,23);1H. The number of hydrogen-bond donors (Lipinski definition) is 2. The number of amides is 1. The van der Waals surface area contributed by atoms with Gasteiger partial charge in [-0.15, -0.1) is 12.4 Å². The number of nitrogens with two attached hydrogens (primary N) is 1. The first-order chi connectivity index (χ1) is 11.9. The molecule has 6 heteroatoms. The first-order valence-electron chi connectivity index (χ1n) is 8.24. The molecule has 2 aromatic carbocycles. The van der Waals surface area contributed by atoms with Crippen LogP contribution in [0.4, 0.5) is 0 Å². The van der Waals surface area contributed by atoms with Gasteiger partial charge in [0.15, 0.2) is 11.5 Å². The van der Waals surface area contributed by atoms with E-state index in [1.165, 1.54) is 0 Å². The maximum atomic E-state index is 12.6. The zero-order valence-corrected chi connectivity index (χ0v) is 16.4. The van der Waals surface area contributed by atoms with Crippen molar-refractivity contribution in [1.29, 1.82) is 0 Å². The van der Waals surface area contributed by atoms with Crippen LogP contribution in [-0.4, -0.2) is 26.2 Å². The summed E-state index contributed by atoms with van der Waals surface area (Å²) in [7, 11) is 3.21. The molecule has 0 aliphatic carbocycles. The number of hydrogen-bond acceptors (Lipinski definition) is 4. The third kappa shape index (κ3) is 5.13. The lowest BCUT2D eigenvalue weighted by Gasteiger charge is -2.26. The maximum absolute atomic E-state index is 12.6. The van der Waals surface area contributed by atoms with Crippen molar-refractivity contribution in [2.75, 3.05) is 14.2 Å². The normalized spacial score (nSPS) is 13.7. The number of halogens is 1. The molecule has 0 spiro atoms. The van der Waals surface area contributed by atoms with Gasteiger partial charge in [-0.3, -0.25) is 4.79 Å². The molecule has 2 unspecified atom stereocenters. The van der Waals surface area contributed by atoms with E-state index < -0.39 is 5.54 Å². The zero-order valence-electron chi connectivity index (χ0n) is 15.6. The van der Waals surface area contributed by atoms with Gasteiger partial charge in [-0.25, -0.2) is 0 Å². The minimum Gasteiger partial charge on any atom is -0.493 e. The summed E-state index contributed by atoms with van der Waals surface area (Å²) in [5, 5.41) is 3.00. The van der Waals surface area contributed by atoms with Crippen LogP contribution >= 0.6 is 12.4 Å². The average molecular weight is 379 g/mol. The fourth-order valence-corrected chi connectivity index (χ4v) is 2.70. The summed E-state index contributed by atoms with van der Waals surface area (Å²) in [6.07, 6.45) is 0.664. The molecule has 1 amide bonds. The van der Waals surface area contributed by atoms with Crippen LogP contribution in [0.15, 0.2) is 48.5 Å². The number of carbonyl (C=O) groups is 1. The second kappa shape index (κ2) is 9.46. The van der Waals surface area contributed by atoms with Gasteiger partial charge in [-0.2, -0.15) is 0 Å². The Labute approximate surface area is 161 Å². The van der Waals surface area contributed by atoms with E-state index in [-0.39, 0.29) is 24.4 Å². The van der Waals surface area contributed by atoms with Gasteiger partial charge < -0.3 is 20.5 Å². The summed E-state index contributed by atoms with van der Waals surface area (Å²) in [4.78, 5) is 12.6. The molecular formula is C20H27ClN2O3. The molecule has 0 fully saturated rings. The van der Waals surface area contributed by atoms with E-state index in [1.807, 2.05) is 55.5 Å². The fourth-order valence-electron chi connectivity index (χ4n) is 2.70. The van der Waals surface area contributed by atoms with Gasteiger partial charge in [0.25, 0.3) is 0 Å². The van der Waals surface area contributed by atoms with Crippen molar-refractivity contribution >= 4 is 18.3 Å². The molecule has 0 aromatic heterocycles. The Balaban J connectivity index is 0.00000338. The van der Waals surface area contributed by atoms with Crippen LogP contribution in [-0.2, 0) is 16.8 Å². The van der Waals surface area contributed by atoms with Crippen molar-refractivity contribution in [3.8, 4) is 11.5 Å². The van der Waals surface area contributed by atoms with Crippen LogP contribution in [0.3, 0.4) is 0 Å². The molecule has 0 radical (unpaired) electrons. The van der Waals surface area contributed by atoms with Crippen LogP contribution < -0.4 is 20.5 Å². The van der Waals surface area contributed by atoms with Crippen molar-refractivity contribution in [2.24, 2.45) is 5.73 Å². The fraction of sp³-hybridized carbons (Fsp3) is 0.350. The molecule has 0 heterocycles. The molecule has 142 valence electrons. The smallest absolute Gasteiger partial charge is 0.244 e. The third-order valence-electron chi connectivity index (χ3n) is 4.21. The number of ether oxygens (including phenoxy) is 2. The van der Waals surface area contributed by atoms with Crippen LogP contribution in [0.5, 0.6) is 11.5 Å². The maximum Gasteiger partial charge on any atom is 0.244 e. The average Bonchev–Trinajstić information content (AvgIpc) is 2.62. The van der Waals surface area contributed by atoms with E-state index in [9.17, 15) is 4.79 Å². The molecule has 2 rings (SSSR count). The van der Waals surface area contributed by atoms with Crippen LogP contribution in [0, 0.1) is 0 Å². The van der Waals surface area contributed by atoms with Crippen molar-refractivity contribution in [2.45, 2.75) is 31.8 Å². The summed E-state index contributed by atoms with van der Waals surface area (Å²) in [6, 6.07) is 15.0. The summed E-state index contributed by atoms with van der Waals surface area (Å²) >= 11 is 0. The van der Waals surface area contributed by atoms with Gasteiger partial charge in [0.1, 0.15) is 5.54 Å². The number of benzene rings is 2. The molecule has 2 aromatic rings. The van der Waals surface area contributed by atoms with Crippen molar-refractivity contribution in [3.05, 3.63) is 59.7 Å². The predicted molar refractivity (Wildman–Crippen MR) is 106 cm³/mol. The Morgan fingerprint density at radius 1 is 1.12 bits per heavy atom. The molecule has 2 atom stereocenters. The molecule has 3 N–H and O–H groups in total. The zero-order chi connectivity index (χ0) is 18.4. The monoisotopic (exact) mass is 378 g/mol. The van der Waals surface area contributed by atoms with Gasteiger partial charge in [-0.1, -0.05) is 36.4 Å². The molecule has 0 saturated carbocycles. The summed E-state index contributed by atoms with van der Waals surface area (Å²) in [6.45, 7) is 3.68. The number of methoxy groups -OCH3 is 2. The highest BCUT2D eigenvalue weighted by atomic mass is 35.5. The van der Waals surface area contributed by atoms with E-state index >= 15 is 0 Å². The van der Waals surface area contributed by atoms with Crippen molar-refractivity contribution in [3.63, 3.8) is 0 Å². The number of carbonyl (C=O) groups excluding carboxylic acids is 1. The van der Waals surface area contributed by atoms with Gasteiger partial charge in [0.05, 0.1) is 14.2 Å². The quantitative estimate of drug-likeness (QED) is 0.776. The Hall–Kier alpha value is -2.24. The summed E-state index contributed by atoms with van der Waals surface area (Å²) < 4.78 is 10.6. The van der Waals surface area contributed by atoms with Gasteiger partial charge in [0, 0.05) is 6.04 Å². The third-order valence-corrected chi connectivity index (χ3v) is 4.21. The van der Waals surface area contributed by atoms with Crippen molar-refractivity contribution < 1.29 is 14.3 Å². The van der Waals surface area contributed by atoms with E-state index in [1.54, 1.807) is 21.1 Å². The van der Waals surface area contributed by atoms with Crippen LogP contribution in [0.1, 0.15) is 25.0 Å². The highest BCUT2D eigenvalue weighted by molar-refractivity contribution is 5.87. The van der Waals surface area contributed by atoms with Gasteiger partial charge >= 0.3 is 0 Å². The van der Waals surface area contributed by atoms with E-state index in [4.69, 9.17) is 15.2 Å². The van der Waals surface area contributed by atoms with E-state index in [0.29, 0.717) is 17.9 Å². The first kappa shape index (κ1) is 21.8. The Morgan fingerprint density at radius 3 is 2.31 bits per heavy atom. The largest absolute Gasteiger partial charge is 0.493 e. The predicted octanol–water partition coefficient (Wildman–Crippen LogP) is 3.05. The summed E-state index contributed by atoms with van der Waals surface area (Å²) in [5.41, 5.74) is 7.01. The topological polar surface area (TPSA) is 73.6 Å². The highest BCUT2D eigenvalue weighted by Crippen LogP contribution is 2.28. The lowest BCUT2D eigenvalue weighted by atomic mass is 9.92. The molecule has 0 bridgehead atoms. The van der Waals surface area contributed by atoms with Crippen LogP contribution in [0.25, 0.3) is 0 Å². The van der Waals surface area contributed by atoms with Gasteiger partial charge in [0.2, 0.25) is 5.91 Å². The second-order valence-electron chi connectivity index (χ2n) is 6.34. The van der Waals surface area contributed by atoms with E-state index in [0.717, 1.165) is 11.1 Å². The van der Waals surface area contributed by atoms with Crippen molar-refractivity contribution in [1.82, 2.24) is 5.32 Å². The first-order valence-corrected chi connectivity index (χ1v) is 8.24. The molecule has 0 saturated heterocycles. The molecule has 0 aliphatic heterocycles. The molecule has 5 nitrogen and oxygen atoms in total. The summed E-state index contributed by atoms with van der Waals surface area (Å²) in [5.74, 6) is 1.15. The lowest BCUT2D eigenvalue weighted by molar-refractivity contribution is -0.126. The minimum absolute atomic E-state index is 0. The highest BCUT2D eigenvalue weighted by Gasteiger charge is 2.31. The molecule has 0 aliphatic rings. The lowest BCUT2D eigenvalue weighted by Crippen LogP contribution is -2.51. The van der Waals surface area contributed by atoms with Gasteiger partial charge in [-0.05, 0) is 43.5 Å². The molecule has 26 heavy (non-hydrogen) atoms. The number of rotatable bonds is 7. The molecular weight excluding hydrogens is 352 g/mol. The second-order valence-corrected chi connectivity index (χ2v) is 6.34. The Kier molecular flexibility index (Phi) is 7.93. The minimum atomic E-state index is -1.08. The SMILES string of the molecule is COc1ccc(CC(C)NC(=O)C(C)(N)c2ccccc2)cc1OC.Cl. The van der Waals surface area contributed by atoms with E-state index in [2.05, 4.69) is 5.32 Å². The number of nitrogens with one attached hydrogen (secondary N) is 1.